The second-order valence-corrected chi connectivity index (χ2v) is 1.75. The molecule has 1 atom stereocenters. The van der Waals surface area contributed by atoms with Crippen LogP contribution in [0.25, 0.3) is 0 Å². The van der Waals surface area contributed by atoms with Crippen LogP contribution in [0.15, 0.2) is 11.7 Å². The lowest BCUT2D eigenvalue weighted by Crippen LogP contribution is -3.10. The van der Waals surface area contributed by atoms with Gasteiger partial charge in [-0.25, -0.2) is 10.8 Å². The normalized spacial score (nSPS) is 26.3. The molecule has 1 unspecified atom stereocenters. The summed E-state index contributed by atoms with van der Waals surface area (Å²) >= 11 is 0. The molecule has 1 heterocycles. The van der Waals surface area contributed by atoms with E-state index in [-0.39, 0.29) is 4.74 Å². The number of hydroxylamine groups is 3. The van der Waals surface area contributed by atoms with Crippen LogP contribution in [0, 0.1) is 10.4 Å². The zero-order valence-corrected chi connectivity index (χ0v) is 4.87. The quantitative estimate of drug-likeness (QED) is 0.212. The number of quaternary nitrogens is 1. The third kappa shape index (κ3) is 0.582. The summed E-state index contributed by atoms with van der Waals surface area (Å²) in [5.41, 5.74) is 9.84. The number of nitrogens with zero attached hydrogens (tertiary/aromatic N) is 1. The van der Waals surface area contributed by atoms with Crippen molar-refractivity contribution in [3.05, 3.63) is 22.1 Å². The molecular formula is C3H6N4O3. The van der Waals surface area contributed by atoms with Crippen molar-refractivity contribution in [3.8, 4) is 0 Å². The lowest BCUT2D eigenvalue weighted by atomic mass is 10.7. The Morgan fingerprint density at radius 3 is 2.10 bits per heavy atom. The zero-order chi connectivity index (χ0) is 7.89. The number of hydrogen-bond donors (Lipinski definition) is 4. The van der Waals surface area contributed by atoms with Gasteiger partial charge in [0, 0.05) is 0 Å². The van der Waals surface area contributed by atoms with Gasteiger partial charge < -0.3 is 21.3 Å². The van der Waals surface area contributed by atoms with Gasteiger partial charge in [-0.1, -0.05) is 0 Å². The van der Waals surface area contributed by atoms with Crippen molar-refractivity contribution >= 4 is 5.96 Å². The molecule has 0 amide bonds. The summed E-state index contributed by atoms with van der Waals surface area (Å²) in [6, 6.07) is 0. The molecule has 0 aliphatic carbocycles. The molecule has 0 radical (unpaired) electrons. The first kappa shape index (κ1) is 6.65. The van der Waals surface area contributed by atoms with E-state index < -0.39 is 22.7 Å². The fraction of sp³-hybridized carbons (Fsp3) is 0. The minimum Gasteiger partial charge on any atom is -0.704 e. The molecule has 6 N–H and O–H groups in total. The SMILES string of the molecule is NC1=C(O)[N+]([O-])=C(N)[NH+]1[O-]. The van der Waals surface area contributed by atoms with Gasteiger partial charge in [-0.15, -0.1) is 4.74 Å². The highest BCUT2D eigenvalue weighted by molar-refractivity contribution is 5.65. The Bertz CT molecular complexity index is 208. The first-order valence-corrected chi connectivity index (χ1v) is 2.38. The minimum absolute atomic E-state index is 0.113. The van der Waals surface area contributed by atoms with Crippen LogP contribution in [0.1, 0.15) is 0 Å². The van der Waals surface area contributed by atoms with Gasteiger partial charge in [0.25, 0.3) is 5.82 Å². The Balaban J connectivity index is 3.09. The molecule has 10 heavy (non-hydrogen) atoms. The predicted molar refractivity (Wildman–Crippen MR) is 31.0 cm³/mol. The maximum Gasteiger partial charge on any atom is 0.457 e. The molecule has 7 nitrogen and oxygen atoms in total. The van der Waals surface area contributed by atoms with Crippen molar-refractivity contribution in [1.82, 2.24) is 0 Å². The molecule has 0 aromatic rings. The Morgan fingerprint density at radius 1 is 1.50 bits per heavy atom. The Hall–Kier alpha value is -1.47. The lowest BCUT2D eigenvalue weighted by Gasteiger charge is -2.08. The summed E-state index contributed by atoms with van der Waals surface area (Å²) in [5, 5.41) is 28.9. The van der Waals surface area contributed by atoms with Crippen LogP contribution in [0.5, 0.6) is 0 Å². The second-order valence-electron chi connectivity index (χ2n) is 1.75. The molecule has 0 saturated heterocycles. The van der Waals surface area contributed by atoms with Gasteiger partial charge in [0.1, 0.15) is 0 Å². The first-order chi connectivity index (χ1) is 4.55. The van der Waals surface area contributed by atoms with Crippen molar-refractivity contribution in [2.24, 2.45) is 11.5 Å². The van der Waals surface area contributed by atoms with E-state index in [1.54, 1.807) is 0 Å². The molecule has 56 valence electrons. The van der Waals surface area contributed by atoms with Crippen molar-refractivity contribution < 1.29 is 14.9 Å². The maximum atomic E-state index is 10.6. The lowest BCUT2D eigenvalue weighted by molar-refractivity contribution is -0.714. The highest BCUT2D eigenvalue weighted by Crippen LogP contribution is 1.93. The average molecular weight is 146 g/mol. The van der Waals surface area contributed by atoms with E-state index in [2.05, 4.69) is 0 Å². The molecule has 0 aromatic carbocycles. The monoisotopic (exact) mass is 146 g/mol. The van der Waals surface area contributed by atoms with E-state index in [0.717, 1.165) is 0 Å². The van der Waals surface area contributed by atoms with Crippen molar-refractivity contribution in [2.45, 2.75) is 0 Å². The van der Waals surface area contributed by atoms with Gasteiger partial charge in [0.05, 0.1) is 0 Å². The minimum atomic E-state index is -0.831. The molecule has 1 aliphatic rings. The van der Waals surface area contributed by atoms with E-state index in [9.17, 15) is 10.4 Å². The molecule has 0 fully saturated rings. The molecule has 1 rings (SSSR count). The Kier molecular flexibility index (Phi) is 1.17. The molecule has 0 saturated carbocycles. The molecular weight excluding hydrogens is 140 g/mol. The van der Waals surface area contributed by atoms with Crippen LogP contribution in [0.3, 0.4) is 0 Å². The summed E-state index contributed by atoms with van der Waals surface area (Å²) < 4.78 is -0.113. The summed E-state index contributed by atoms with van der Waals surface area (Å²) in [7, 11) is 0. The molecule has 1 aliphatic heterocycles. The van der Waals surface area contributed by atoms with Crippen molar-refractivity contribution in [1.29, 1.82) is 0 Å². The number of nitrogens with one attached hydrogen (secondary N) is 1. The van der Waals surface area contributed by atoms with Gasteiger partial charge >= 0.3 is 11.8 Å². The van der Waals surface area contributed by atoms with Gasteiger partial charge in [0.15, 0.2) is 0 Å². The summed E-state index contributed by atoms with van der Waals surface area (Å²) in [6.07, 6.45) is 0. The van der Waals surface area contributed by atoms with Gasteiger partial charge in [0.2, 0.25) is 0 Å². The molecule has 7 heteroatoms. The Morgan fingerprint density at radius 2 is 2.00 bits per heavy atom. The van der Waals surface area contributed by atoms with E-state index >= 15 is 0 Å². The van der Waals surface area contributed by atoms with Crippen LogP contribution in [0.4, 0.5) is 0 Å². The van der Waals surface area contributed by atoms with Gasteiger partial charge in [-0.2, -0.15) is 0 Å². The zero-order valence-electron chi connectivity index (χ0n) is 4.87. The second kappa shape index (κ2) is 1.75. The van der Waals surface area contributed by atoms with Gasteiger partial charge in [-0.3, -0.25) is 0 Å². The number of nitrogens with two attached hydrogens (primary N) is 2. The highest BCUT2D eigenvalue weighted by Gasteiger charge is 2.31. The summed E-state index contributed by atoms with van der Waals surface area (Å²) in [5.74, 6) is -1.94. The maximum absolute atomic E-state index is 10.6. The summed E-state index contributed by atoms with van der Waals surface area (Å²) in [6.45, 7) is 0. The number of aliphatic hydroxyl groups is 1. The van der Waals surface area contributed by atoms with Crippen molar-refractivity contribution in [2.75, 3.05) is 0 Å². The van der Waals surface area contributed by atoms with Crippen LogP contribution >= 0.6 is 0 Å². The average Bonchev–Trinajstić information content (AvgIpc) is 2.07. The third-order valence-corrected chi connectivity index (χ3v) is 1.13. The van der Waals surface area contributed by atoms with Crippen LogP contribution in [-0.2, 0) is 0 Å². The highest BCUT2D eigenvalue weighted by atomic mass is 16.6. The largest absolute Gasteiger partial charge is 0.704 e. The topological polar surface area (TPSA) is 126 Å². The molecule has 0 bridgehead atoms. The fourth-order valence-corrected chi connectivity index (χ4v) is 0.555. The number of rotatable bonds is 0. The standard InChI is InChI=1S/C3H6N4O3/c4-1-2(8)7(10)3(5)6(1)9/h6,8H,4-5H2. The number of guanidine groups is 1. The first-order valence-electron chi connectivity index (χ1n) is 2.38. The van der Waals surface area contributed by atoms with E-state index in [0.29, 0.717) is 0 Å². The van der Waals surface area contributed by atoms with Crippen LogP contribution in [0.2, 0.25) is 0 Å². The summed E-state index contributed by atoms with van der Waals surface area (Å²) in [4.78, 5) is 0. The van der Waals surface area contributed by atoms with E-state index in [1.807, 2.05) is 0 Å². The molecule has 0 aromatic heterocycles. The Labute approximate surface area is 55.6 Å². The fourth-order valence-electron chi connectivity index (χ4n) is 0.555. The van der Waals surface area contributed by atoms with Crippen molar-refractivity contribution in [3.63, 3.8) is 0 Å². The predicted octanol–water partition coefficient (Wildman–Crippen LogP) is -3.15. The van der Waals surface area contributed by atoms with Gasteiger partial charge in [-0.05, 0) is 0 Å². The molecule has 0 spiro atoms. The van der Waals surface area contributed by atoms with E-state index in [4.69, 9.17) is 16.6 Å². The van der Waals surface area contributed by atoms with Crippen LogP contribution < -0.4 is 16.5 Å². The number of aliphatic hydroxyl groups excluding tert-OH is 1. The van der Waals surface area contributed by atoms with Crippen LogP contribution in [-0.4, -0.2) is 15.8 Å². The smallest absolute Gasteiger partial charge is 0.457 e. The third-order valence-electron chi connectivity index (χ3n) is 1.13. The van der Waals surface area contributed by atoms with E-state index in [1.165, 1.54) is 0 Å². The number of hydrogen-bond acceptors (Lipinski definition) is 5.